The molecule has 6 nitrogen and oxygen atoms in total. The average Bonchev–Trinajstić information content (AvgIpc) is 2.49. The number of benzene rings is 1. The Morgan fingerprint density at radius 2 is 1.70 bits per heavy atom. The van der Waals surface area contributed by atoms with Gasteiger partial charge >= 0.3 is 0 Å². The molecule has 1 fully saturated rings. The summed E-state index contributed by atoms with van der Waals surface area (Å²) in [6, 6.07) is 5.04. The Labute approximate surface area is 136 Å². The van der Waals surface area contributed by atoms with Crippen LogP contribution >= 0.6 is 0 Å². The predicted molar refractivity (Wildman–Crippen MR) is 86.2 cm³/mol. The van der Waals surface area contributed by atoms with Crippen molar-refractivity contribution >= 4 is 20.0 Å². The van der Waals surface area contributed by atoms with Crippen LogP contribution in [0.4, 0.5) is 4.39 Å². The summed E-state index contributed by atoms with van der Waals surface area (Å²) in [4.78, 5) is 0. The first-order chi connectivity index (χ1) is 10.7. The van der Waals surface area contributed by atoms with E-state index < -0.39 is 25.9 Å². The number of nitrogens with zero attached hydrogens (tertiary/aromatic N) is 1. The number of halogens is 1. The van der Waals surface area contributed by atoms with Crippen LogP contribution in [0.25, 0.3) is 0 Å². The molecule has 2 rings (SSSR count). The Morgan fingerprint density at radius 3 is 2.22 bits per heavy atom. The summed E-state index contributed by atoms with van der Waals surface area (Å²) < 4.78 is 64.7. The van der Waals surface area contributed by atoms with Crippen molar-refractivity contribution in [3.05, 3.63) is 35.6 Å². The average molecular weight is 364 g/mol. The smallest absolute Gasteiger partial charge is 0.212 e. The number of nitrogens with one attached hydrogen (secondary N) is 1. The summed E-state index contributed by atoms with van der Waals surface area (Å²) in [6.45, 7) is 2.23. The molecule has 1 heterocycles. The third-order valence-corrected chi connectivity index (χ3v) is 7.12. The number of piperidine rings is 1. The van der Waals surface area contributed by atoms with Gasteiger partial charge < -0.3 is 0 Å². The highest BCUT2D eigenvalue weighted by Gasteiger charge is 2.28. The van der Waals surface area contributed by atoms with E-state index >= 15 is 0 Å². The molecule has 23 heavy (non-hydrogen) atoms. The quantitative estimate of drug-likeness (QED) is 0.818. The summed E-state index contributed by atoms with van der Waals surface area (Å²) in [5, 5.41) is 0. The Hall–Kier alpha value is -1.03. The number of sulfonamides is 2. The van der Waals surface area contributed by atoms with Crippen LogP contribution in [0.15, 0.2) is 24.3 Å². The monoisotopic (exact) mass is 364 g/mol. The molecule has 1 aromatic carbocycles. The van der Waals surface area contributed by atoms with Gasteiger partial charge in [0.05, 0.1) is 11.5 Å². The first-order valence-corrected chi connectivity index (χ1v) is 10.7. The molecule has 1 aliphatic rings. The van der Waals surface area contributed by atoms with E-state index in [1.807, 2.05) is 0 Å². The van der Waals surface area contributed by atoms with Crippen molar-refractivity contribution < 1.29 is 21.2 Å². The minimum absolute atomic E-state index is 0.0496. The van der Waals surface area contributed by atoms with Crippen LogP contribution in [0, 0.1) is 5.82 Å². The van der Waals surface area contributed by atoms with E-state index in [0.29, 0.717) is 31.5 Å². The number of rotatable bonds is 6. The topological polar surface area (TPSA) is 83.6 Å². The first-order valence-electron chi connectivity index (χ1n) is 7.44. The molecule has 1 aliphatic heterocycles. The normalized spacial score (nSPS) is 18.2. The summed E-state index contributed by atoms with van der Waals surface area (Å²) in [7, 11) is -6.77. The van der Waals surface area contributed by atoms with Crippen molar-refractivity contribution in [2.45, 2.75) is 31.6 Å². The molecule has 130 valence electrons. The van der Waals surface area contributed by atoms with Crippen molar-refractivity contribution in [3.63, 3.8) is 0 Å². The molecule has 0 bridgehead atoms. The van der Waals surface area contributed by atoms with E-state index in [9.17, 15) is 21.2 Å². The van der Waals surface area contributed by atoms with E-state index in [-0.39, 0.29) is 17.5 Å². The molecule has 0 amide bonds. The van der Waals surface area contributed by atoms with Gasteiger partial charge in [0.15, 0.2) is 0 Å². The minimum Gasteiger partial charge on any atom is -0.212 e. The molecule has 0 aromatic heterocycles. The highest BCUT2D eigenvalue weighted by atomic mass is 32.2. The van der Waals surface area contributed by atoms with Gasteiger partial charge in [-0.3, -0.25) is 0 Å². The van der Waals surface area contributed by atoms with E-state index in [2.05, 4.69) is 4.72 Å². The Balaban J connectivity index is 1.91. The van der Waals surface area contributed by atoms with Gasteiger partial charge in [-0.05, 0) is 37.5 Å². The van der Waals surface area contributed by atoms with Crippen LogP contribution in [0.3, 0.4) is 0 Å². The lowest BCUT2D eigenvalue weighted by Crippen LogP contribution is -2.47. The minimum atomic E-state index is -3.55. The highest BCUT2D eigenvalue weighted by molar-refractivity contribution is 7.89. The summed E-state index contributed by atoms with van der Waals surface area (Å²) in [5.41, 5.74) is 0.505. The van der Waals surface area contributed by atoms with Gasteiger partial charge in [-0.2, -0.15) is 0 Å². The van der Waals surface area contributed by atoms with Crippen LogP contribution in [0.1, 0.15) is 25.3 Å². The number of hydrogen-bond acceptors (Lipinski definition) is 4. The molecule has 9 heteroatoms. The Morgan fingerprint density at radius 1 is 1.13 bits per heavy atom. The molecular weight excluding hydrogens is 343 g/mol. The molecule has 1 aromatic rings. The summed E-state index contributed by atoms with van der Waals surface area (Å²) >= 11 is 0. The standard InChI is InChI=1S/C14H21FN2O4S2/c1-2-23(20,21)17-9-7-14(8-10-17)16-22(18,19)11-12-3-5-13(15)6-4-12/h3-6,14,16H,2,7-11H2,1H3. The van der Waals surface area contributed by atoms with Crippen molar-refractivity contribution in [2.24, 2.45) is 0 Å². The van der Waals surface area contributed by atoms with E-state index in [0.717, 1.165) is 0 Å². The van der Waals surface area contributed by atoms with Crippen LogP contribution in [0.2, 0.25) is 0 Å². The molecular formula is C14H21FN2O4S2. The largest absolute Gasteiger partial charge is 0.216 e. The van der Waals surface area contributed by atoms with Gasteiger partial charge in [-0.1, -0.05) is 12.1 Å². The van der Waals surface area contributed by atoms with E-state index in [1.165, 1.54) is 28.6 Å². The summed E-state index contributed by atoms with van der Waals surface area (Å²) in [5.74, 6) is -0.585. The van der Waals surface area contributed by atoms with Crippen LogP contribution < -0.4 is 4.72 Å². The molecule has 1 saturated heterocycles. The van der Waals surface area contributed by atoms with E-state index in [4.69, 9.17) is 0 Å². The van der Waals surface area contributed by atoms with Gasteiger partial charge in [0.2, 0.25) is 20.0 Å². The lowest BCUT2D eigenvalue weighted by atomic mass is 10.1. The van der Waals surface area contributed by atoms with Gasteiger partial charge in [-0.25, -0.2) is 30.3 Å². The predicted octanol–water partition coefficient (Wildman–Crippen LogP) is 1.06. The highest BCUT2D eigenvalue weighted by Crippen LogP contribution is 2.16. The third-order valence-electron chi connectivity index (χ3n) is 3.83. The lowest BCUT2D eigenvalue weighted by Gasteiger charge is -2.31. The summed E-state index contributed by atoms with van der Waals surface area (Å²) in [6.07, 6.45) is 0.893. The maximum absolute atomic E-state index is 12.8. The van der Waals surface area contributed by atoms with Crippen LogP contribution in [0.5, 0.6) is 0 Å². The maximum atomic E-state index is 12.8. The SMILES string of the molecule is CCS(=O)(=O)N1CCC(NS(=O)(=O)Cc2ccc(F)cc2)CC1. The molecule has 0 saturated carbocycles. The fourth-order valence-corrected chi connectivity index (χ4v) is 5.12. The zero-order chi connectivity index (χ0) is 17.1. The lowest BCUT2D eigenvalue weighted by molar-refractivity contribution is 0.309. The first kappa shape index (κ1) is 18.3. The second-order valence-electron chi connectivity index (χ2n) is 5.58. The molecule has 0 atom stereocenters. The Bertz CT molecular complexity index is 725. The van der Waals surface area contributed by atoms with Crippen LogP contribution in [-0.4, -0.2) is 46.0 Å². The van der Waals surface area contributed by atoms with Gasteiger partial charge in [0.25, 0.3) is 0 Å². The maximum Gasteiger partial charge on any atom is 0.216 e. The van der Waals surface area contributed by atoms with E-state index in [1.54, 1.807) is 6.92 Å². The zero-order valence-corrected chi connectivity index (χ0v) is 14.5. The molecule has 0 unspecified atom stereocenters. The molecule has 0 aliphatic carbocycles. The number of hydrogen-bond donors (Lipinski definition) is 1. The zero-order valence-electron chi connectivity index (χ0n) is 12.9. The van der Waals surface area contributed by atoms with Gasteiger partial charge in [0.1, 0.15) is 5.82 Å². The third kappa shape index (κ3) is 5.23. The second kappa shape index (κ2) is 7.25. The molecule has 0 radical (unpaired) electrons. The van der Waals surface area contributed by atoms with Crippen LogP contribution in [-0.2, 0) is 25.8 Å². The van der Waals surface area contributed by atoms with Crippen molar-refractivity contribution in [2.75, 3.05) is 18.8 Å². The van der Waals surface area contributed by atoms with Crippen molar-refractivity contribution in [1.29, 1.82) is 0 Å². The molecule has 0 spiro atoms. The van der Waals surface area contributed by atoms with Gasteiger partial charge in [0, 0.05) is 19.1 Å². The Kier molecular flexibility index (Phi) is 5.77. The van der Waals surface area contributed by atoms with Gasteiger partial charge in [-0.15, -0.1) is 0 Å². The second-order valence-corrected chi connectivity index (χ2v) is 9.59. The van der Waals surface area contributed by atoms with Crippen molar-refractivity contribution in [3.8, 4) is 0 Å². The van der Waals surface area contributed by atoms with Crippen molar-refractivity contribution in [1.82, 2.24) is 9.03 Å². The molecule has 1 N–H and O–H groups in total. The fraction of sp³-hybridized carbons (Fsp3) is 0.571. The fourth-order valence-electron chi connectivity index (χ4n) is 2.53.